The number of aryl methyl sites for hydroxylation is 1. The molecular formula is C17H20FN3O2S. The molecule has 0 unspecified atom stereocenters. The van der Waals surface area contributed by atoms with Crippen molar-refractivity contribution in [2.45, 2.75) is 45.1 Å². The van der Waals surface area contributed by atoms with Crippen LogP contribution in [-0.2, 0) is 0 Å². The van der Waals surface area contributed by atoms with Crippen LogP contribution in [-0.4, -0.2) is 27.1 Å². The number of rotatable bonds is 3. The highest BCUT2D eigenvalue weighted by Crippen LogP contribution is 2.26. The SMILES string of the molecule is Cc1csc(=NC2CCCCC2)n1/N=C/c1cc(O)c(O)cc1F. The predicted octanol–water partition coefficient (Wildman–Crippen LogP) is 3.52. The largest absolute Gasteiger partial charge is 0.504 e. The molecule has 0 saturated heterocycles. The van der Waals surface area contributed by atoms with Gasteiger partial charge in [-0.05, 0) is 25.8 Å². The van der Waals surface area contributed by atoms with Crippen LogP contribution in [0.1, 0.15) is 43.4 Å². The number of phenolic OH excluding ortho intramolecular Hbond substituents is 2. The van der Waals surface area contributed by atoms with Crippen LogP contribution in [0.15, 0.2) is 27.6 Å². The maximum Gasteiger partial charge on any atom is 0.206 e. The molecule has 1 saturated carbocycles. The van der Waals surface area contributed by atoms with Gasteiger partial charge in [0.1, 0.15) is 5.82 Å². The van der Waals surface area contributed by atoms with E-state index in [0.717, 1.165) is 35.5 Å². The maximum absolute atomic E-state index is 13.8. The first-order chi connectivity index (χ1) is 11.5. The Labute approximate surface area is 143 Å². The Morgan fingerprint density at radius 3 is 2.67 bits per heavy atom. The predicted molar refractivity (Wildman–Crippen MR) is 92.2 cm³/mol. The number of hydrogen-bond acceptors (Lipinski definition) is 5. The number of hydrogen-bond donors (Lipinski definition) is 2. The summed E-state index contributed by atoms with van der Waals surface area (Å²) in [5.41, 5.74) is 1.02. The molecule has 3 rings (SSSR count). The fraction of sp³-hybridized carbons (Fsp3) is 0.412. The first-order valence-corrected chi connectivity index (χ1v) is 8.89. The molecule has 1 aromatic heterocycles. The number of aromatic hydroxyl groups is 2. The van der Waals surface area contributed by atoms with Crippen molar-refractivity contribution in [1.82, 2.24) is 4.68 Å². The quantitative estimate of drug-likeness (QED) is 0.657. The van der Waals surface area contributed by atoms with Gasteiger partial charge in [-0.25, -0.2) is 9.07 Å². The molecule has 24 heavy (non-hydrogen) atoms. The zero-order valence-corrected chi connectivity index (χ0v) is 14.3. The van der Waals surface area contributed by atoms with E-state index in [1.54, 1.807) is 4.68 Å². The summed E-state index contributed by atoms with van der Waals surface area (Å²) < 4.78 is 15.5. The number of benzene rings is 1. The molecule has 128 valence electrons. The molecule has 0 bridgehead atoms. The molecule has 2 aromatic rings. The molecule has 1 aromatic carbocycles. The van der Waals surface area contributed by atoms with Crippen LogP contribution in [0.2, 0.25) is 0 Å². The smallest absolute Gasteiger partial charge is 0.206 e. The number of halogens is 1. The summed E-state index contributed by atoms with van der Waals surface area (Å²) in [5, 5.41) is 25.1. The van der Waals surface area contributed by atoms with Crippen LogP contribution in [0, 0.1) is 12.7 Å². The Morgan fingerprint density at radius 1 is 1.21 bits per heavy atom. The lowest BCUT2D eigenvalue weighted by Crippen LogP contribution is -2.19. The zero-order valence-electron chi connectivity index (χ0n) is 13.4. The van der Waals surface area contributed by atoms with E-state index >= 15 is 0 Å². The third kappa shape index (κ3) is 3.67. The second-order valence-electron chi connectivity index (χ2n) is 6.00. The lowest BCUT2D eigenvalue weighted by Gasteiger charge is -2.16. The van der Waals surface area contributed by atoms with Crippen LogP contribution in [0.4, 0.5) is 4.39 Å². The van der Waals surface area contributed by atoms with Crippen LogP contribution in [0.5, 0.6) is 11.5 Å². The van der Waals surface area contributed by atoms with Gasteiger partial charge in [-0.1, -0.05) is 19.3 Å². The highest BCUT2D eigenvalue weighted by molar-refractivity contribution is 7.07. The monoisotopic (exact) mass is 349 g/mol. The molecule has 1 aliphatic rings. The summed E-state index contributed by atoms with van der Waals surface area (Å²) in [7, 11) is 0. The zero-order chi connectivity index (χ0) is 17.1. The number of thiazole rings is 1. The van der Waals surface area contributed by atoms with Crippen molar-refractivity contribution in [1.29, 1.82) is 0 Å². The summed E-state index contributed by atoms with van der Waals surface area (Å²) in [6.07, 6.45) is 7.22. The molecule has 1 fully saturated rings. The topological polar surface area (TPSA) is 70.1 Å². The average molecular weight is 349 g/mol. The van der Waals surface area contributed by atoms with Gasteiger partial charge in [-0.15, -0.1) is 11.3 Å². The van der Waals surface area contributed by atoms with Crippen molar-refractivity contribution in [2.24, 2.45) is 10.1 Å². The van der Waals surface area contributed by atoms with E-state index in [0.29, 0.717) is 6.04 Å². The van der Waals surface area contributed by atoms with Gasteiger partial charge < -0.3 is 10.2 Å². The van der Waals surface area contributed by atoms with Crippen LogP contribution >= 0.6 is 11.3 Å². The molecule has 1 heterocycles. The first kappa shape index (κ1) is 16.7. The second kappa shape index (κ2) is 7.17. The lowest BCUT2D eigenvalue weighted by molar-refractivity contribution is 0.399. The minimum atomic E-state index is -0.645. The van der Waals surface area contributed by atoms with Crippen molar-refractivity contribution in [3.63, 3.8) is 0 Å². The molecule has 0 radical (unpaired) electrons. The van der Waals surface area contributed by atoms with Crippen molar-refractivity contribution < 1.29 is 14.6 Å². The van der Waals surface area contributed by atoms with E-state index in [2.05, 4.69) is 5.10 Å². The summed E-state index contributed by atoms with van der Waals surface area (Å²) in [6.45, 7) is 1.92. The van der Waals surface area contributed by atoms with Gasteiger partial charge in [0.05, 0.1) is 18.0 Å². The molecule has 0 aliphatic heterocycles. The van der Waals surface area contributed by atoms with Gasteiger partial charge in [0.2, 0.25) is 4.80 Å². The number of phenols is 2. The molecular weight excluding hydrogens is 329 g/mol. The highest BCUT2D eigenvalue weighted by atomic mass is 32.1. The molecule has 1 aliphatic carbocycles. The fourth-order valence-corrected chi connectivity index (χ4v) is 3.64. The summed E-state index contributed by atoms with van der Waals surface area (Å²) in [6, 6.07) is 2.34. The minimum Gasteiger partial charge on any atom is -0.504 e. The lowest BCUT2D eigenvalue weighted by atomic mass is 9.96. The Morgan fingerprint density at radius 2 is 1.92 bits per heavy atom. The molecule has 7 heteroatoms. The van der Waals surface area contributed by atoms with Crippen LogP contribution in [0.25, 0.3) is 0 Å². The van der Waals surface area contributed by atoms with Crippen molar-refractivity contribution in [3.05, 3.63) is 39.4 Å². The van der Waals surface area contributed by atoms with Crippen LogP contribution < -0.4 is 4.80 Å². The second-order valence-corrected chi connectivity index (χ2v) is 6.84. The van der Waals surface area contributed by atoms with Gasteiger partial charge in [0, 0.05) is 17.0 Å². The Bertz CT molecular complexity index is 820. The van der Waals surface area contributed by atoms with Gasteiger partial charge in [-0.2, -0.15) is 5.10 Å². The minimum absolute atomic E-state index is 0.104. The third-order valence-electron chi connectivity index (χ3n) is 4.12. The van der Waals surface area contributed by atoms with Crippen LogP contribution in [0.3, 0.4) is 0 Å². The van der Waals surface area contributed by atoms with Gasteiger partial charge in [-0.3, -0.25) is 4.99 Å². The molecule has 0 spiro atoms. The fourth-order valence-electron chi connectivity index (χ4n) is 2.77. The van der Waals surface area contributed by atoms with E-state index in [-0.39, 0.29) is 11.3 Å². The van der Waals surface area contributed by atoms with E-state index < -0.39 is 11.6 Å². The highest BCUT2D eigenvalue weighted by Gasteiger charge is 2.13. The van der Waals surface area contributed by atoms with Gasteiger partial charge >= 0.3 is 0 Å². The molecule has 5 nitrogen and oxygen atoms in total. The molecule has 0 amide bonds. The Balaban J connectivity index is 1.91. The van der Waals surface area contributed by atoms with Crippen molar-refractivity contribution in [2.75, 3.05) is 0 Å². The van der Waals surface area contributed by atoms with E-state index in [1.165, 1.54) is 36.8 Å². The average Bonchev–Trinajstić information content (AvgIpc) is 2.91. The van der Waals surface area contributed by atoms with Gasteiger partial charge in [0.15, 0.2) is 11.5 Å². The standard InChI is InChI=1S/C17H20FN3O2S/c1-11-10-24-17(20-13-5-3-2-4-6-13)21(11)19-9-12-7-15(22)16(23)8-14(12)18/h7-10,13,22-23H,2-6H2,1H3/b19-9+,20-17?. The maximum atomic E-state index is 13.8. The molecule has 0 atom stereocenters. The summed E-state index contributed by atoms with van der Waals surface area (Å²) >= 11 is 1.51. The first-order valence-electron chi connectivity index (χ1n) is 8.01. The summed E-state index contributed by atoms with van der Waals surface area (Å²) in [4.78, 5) is 5.58. The van der Waals surface area contributed by atoms with Crippen molar-refractivity contribution in [3.8, 4) is 11.5 Å². The normalized spacial score (nSPS) is 17.0. The molecule has 2 N–H and O–H groups in total. The van der Waals surface area contributed by atoms with Crippen molar-refractivity contribution >= 4 is 17.6 Å². The Hall–Kier alpha value is -2.15. The third-order valence-corrected chi connectivity index (χ3v) is 5.07. The Kier molecular flexibility index (Phi) is 4.99. The van der Waals surface area contributed by atoms with Gasteiger partial charge in [0.25, 0.3) is 0 Å². The summed E-state index contributed by atoms with van der Waals surface area (Å²) in [5.74, 6) is -1.51. The van der Waals surface area contributed by atoms with E-state index in [9.17, 15) is 14.6 Å². The number of aromatic nitrogens is 1. The number of nitrogens with zero attached hydrogens (tertiary/aromatic N) is 3. The van der Waals surface area contributed by atoms with E-state index in [4.69, 9.17) is 4.99 Å². The van der Waals surface area contributed by atoms with E-state index in [1.807, 2.05) is 12.3 Å².